The molecule has 23 heavy (non-hydrogen) atoms. The Kier molecular flexibility index (Phi) is 6.54. The summed E-state index contributed by atoms with van der Waals surface area (Å²) in [5.41, 5.74) is 1.30. The molecule has 0 unspecified atom stereocenters. The summed E-state index contributed by atoms with van der Waals surface area (Å²) < 4.78 is 6.44. The van der Waals surface area contributed by atoms with Crippen molar-refractivity contribution in [2.75, 3.05) is 11.9 Å². The lowest BCUT2D eigenvalue weighted by molar-refractivity contribution is 0.0977. The van der Waals surface area contributed by atoms with Crippen molar-refractivity contribution in [2.45, 2.75) is 0 Å². The number of carbonyl (C=O) groups is 1. The van der Waals surface area contributed by atoms with Gasteiger partial charge in [0.2, 0.25) is 0 Å². The first-order valence-corrected chi connectivity index (χ1v) is 8.29. The van der Waals surface area contributed by atoms with Gasteiger partial charge in [0.05, 0.1) is 0 Å². The summed E-state index contributed by atoms with van der Waals surface area (Å²) in [6.07, 6.45) is 1.67. The van der Waals surface area contributed by atoms with E-state index in [-0.39, 0.29) is 11.0 Å². The zero-order valence-corrected chi connectivity index (χ0v) is 15.2. The number of thiocarbonyl (C=S) groups is 1. The zero-order valence-electron chi connectivity index (χ0n) is 12.2. The van der Waals surface area contributed by atoms with Crippen LogP contribution in [-0.4, -0.2) is 17.6 Å². The fourth-order valence-electron chi connectivity index (χ4n) is 1.79. The van der Waals surface area contributed by atoms with Crippen molar-refractivity contribution in [3.8, 4) is 5.75 Å². The molecule has 6 heteroatoms. The maximum absolute atomic E-state index is 12.1. The van der Waals surface area contributed by atoms with Crippen LogP contribution in [0.4, 0.5) is 5.69 Å². The van der Waals surface area contributed by atoms with Crippen LogP contribution in [0.15, 0.2) is 61.2 Å². The molecule has 2 aromatic rings. The largest absolute Gasteiger partial charge is 0.489 e. The highest BCUT2D eigenvalue weighted by atomic mass is 127. The van der Waals surface area contributed by atoms with Crippen molar-refractivity contribution in [1.29, 1.82) is 0 Å². The van der Waals surface area contributed by atoms with Gasteiger partial charge in [0.15, 0.2) is 5.11 Å². The molecule has 0 aliphatic carbocycles. The number of hydrogen-bond donors (Lipinski definition) is 2. The fourth-order valence-corrected chi connectivity index (χ4v) is 2.54. The van der Waals surface area contributed by atoms with Crippen LogP contribution >= 0.6 is 34.8 Å². The number of hydrogen-bond acceptors (Lipinski definition) is 3. The van der Waals surface area contributed by atoms with Gasteiger partial charge in [0.1, 0.15) is 12.4 Å². The molecule has 0 saturated carbocycles. The third-order valence-electron chi connectivity index (χ3n) is 2.77. The first kappa shape index (κ1) is 17.4. The summed E-state index contributed by atoms with van der Waals surface area (Å²) in [6, 6.07) is 14.6. The van der Waals surface area contributed by atoms with E-state index >= 15 is 0 Å². The topological polar surface area (TPSA) is 50.4 Å². The number of carbonyl (C=O) groups excluding carboxylic acids is 1. The van der Waals surface area contributed by atoms with Crippen LogP contribution in [0, 0.1) is 3.57 Å². The minimum atomic E-state index is -0.250. The Bertz CT molecular complexity index is 734. The maximum Gasteiger partial charge on any atom is 0.257 e. The number of rotatable bonds is 5. The van der Waals surface area contributed by atoms with Crippen LogP contribution < -0.4 is 15.4 Å². The molecule has 0 bridgehead atoms. The molecule has 0 aliphatic heterocycles. The Labute approximate surface area is 154 Å². The standard InChI is InChI=1S/C17H15IN2O2S/c1-2-9-22-15-8-4-7-14(11-15)19-17(23)20-16(21)12-5-3-6-13(18)10-12/h2-8,10-11H,1,9H2,(H2,19,20,21,23). The minimum Gasteiger partial charge on any atom is -0.489 e. The van der Waals surface area contributed by atoms with E-state index in [1.165, 1.54) is 0 Å². The molecular weight excluding hydrogens is 423 g/mol. The Morgan fingerprint density at radius 2 is 2.04 bits per heavy atom. The van der Waals surface area contributed by atoms with E-state index in [2.05, 4.69) is 39.8 Å². The molecule has 4 nitrogen and oxygen atoms in total. The van der Waals surface area contributed by atoms with Crippen LogP contribution in [0.5, 0.6) is 5.75 Å². The normalized spacial score (nSPS) is 9.78. The fraction of sp³-hybridized carbons (Fsp3) is 0.0588. The monoisotopic (exact) mass is 438 g/mol. The molecule has 2 N–H and O–H groups in total. The van der Waals surface area contributed by atoms with Gasteiger partial charge in [-0.25, -0.2) is 0 Å². The van der Waals surface area contributed by atoms with Crippen LogP contribution in [0.25, 0.3) is 0 Å². The summed E-state index contributed by atoms with van der Waals surface area (Å²) in [7, 11) is 0. The summed E-state index contributed by atoms with van der Waals surface area (Å²) in [4.78, 5) is 12.1. The van der Waals surface area contributed by atoms with Gasteiger partial charge in [0, 0.05) is 20.9 Å². The van der Waals surface area contributed by atoms with Crippen molar-refractivity contribution in [2.24, 2.45) is 0 Å². The van der Waals surface area contributed by atoms with Gasteiger partial charge in [-0.05, 0) is 65.1 Å². The lowest BCUT2D eigenvalue weighted by atomic mass is 10.2. The summed E-state index contributed by atoms with van der Waals surface area (Å²) in [5.74, 6) is 0.446. The molecular formula is C17H15IN2O2S. The van der Waals surface area contributed by atoms with Crippen molar-refractivity contribution in [3.05, 3.63) is 70.3 Å². The summed E-state index contributed by atoms with van der Waals surface area (Å²) >= 11 is 7.33. The van der Waals surface area contributed by atoms with E-state index in [1.807, 2.05) is 30.3 Å². The molecule has 0 aliphatic rings. The maximum atomic E-state index is 12.1. The van der Waals surface area contributed by atoms with E-state index in [0.717, 1.165) is 9.26 Å². The van der Waals surface area contributed by atoms with E-state index in [9.17, 15) is 4.79 Å². The Morgan fingerprint density at radius 3 is 2.78 bits per heavy atom. The van der Waals surface area contributed by atoms with Crippen LogP contribution in [-0.2, 0) is 0 Å². The second-order valence-corrected chi connectivity index (χ2v) is 6.20. The number of benzene rings is 2. The SMILES string of the molecule is C=CCOc1cccc(NC(=S)NC(=O)c2cccc(I)c2)c1. The molecule has 0 aromatic heterocycles. The average Bonchev–Trinajstić information content (AvgIpc) is 2.53. The van der Waals surface area contributed by atoms with Gasteiger partial charge in [-0.1, -0.05) is 24.8 Å². The third kappa shape index (κ3) is 5.65. The Hall–Kier alpha value is -1.93. The van der Waals surface area contributed by atoms with Crippen molar-refractivity contribution < 1.29 is 9.53 Å². The van der Waals surface area contributed by atoms with Crippen LogP contribution in [0.1, 0.15) is 10.4 Å². The van der Waals surface area contributed by atoms with Gasteiger partial charge in [0.25, 0.3) is 5.91 Å². The number of nitrogens with one attached hydrogen (secondary N) is 2. The smallest absolute Gasteiger partial charge is 0.257 e. The highest BCUT2D eigenvalue weighted by Crippen LogP contribution is 2.17. The number of anilines is 1. The van der Waals surface area contributed by atoms with E-state index in [0.29, 0.717) is 17.9 Å². The van der Waals surface area contributed by atoms with Gasteiger partial charge in [-0.15, -0.1) is 0 Å². The molecule has 2 aromatic carbocycles. The minimum absolute atomic E-state index is 0.231. The molecule has 0 radical (unpaired) electrons. The van der Waals surface area contributed by atoms with Gasteiger partial charge >= 0.3 is 0 Å². The first-order valence-electron chi connectivity index (χ1n) is 6.80. The Morgan fingerprint density at radius 1 is 1.26 bits per heavy atom. The van der Waals surface area contributed by atoms with Crippen LogP contribution in [0.2, 0.25) is 0 Å². The van der Waals surface area contributed by atoms with Crippen LogP contribution in [0.3, 0.4) is 0 Å². The molecule has 118 valence electrons. The molecule has 2 rings (SSSR count). The lowest BCUT2D eigenvalue weighted by Gasteiger charge is -2.11. The lowest BCUT2D eigenvalue weighted by Crippen LogP contribution is -2.34. The van der Waals surface area contributed by atoms with Crippen molar-refractivity contribution in [1.82, 2.24) is 5.32 Å². The molecule has 0 saturated heterocycles. The van der Waals surface area contributed by atoms with Gasteiger partial charge in [-0.2, -0.15) is 0 Å². The molecule has 0 fully saturated rings. The molecule has 1 amide bonds. The molecule has 0 heterocycles. The van der Waals surface area contributed by atoms with E-state index in [4.69, 9.17) is 17.0 Å². The predicted molar refractivity (Wildman–Crippen MR) is 105 cm³/mol. The quantitative estimate of drug-likeness (QED) is 0.421. The summed E-state index contributed by atoms with van der Waals surface area (Å²) in [5, 5.41) is 5.85. The van der Waals surface area contributed by atoms with Crippen molar-refractivity contribution in [3.63, 3.8) is 0 Å². The molecule has 0 atom stereocenters. The average molecular weight is 438 g/mol. The number of halogens is 1. The highest BCUT2D eigenvalue weighted by molar-refractivity contribution is 14.1. The first-order chi connectivity index (χ1) is 11.1. The van der Waals surface area contributed by atoms with E-state index in [1.54, 1.807) is 24.3 Å². The van der Waals surface area contributed by atoms with Gasteiger partial charge < -0.3 is 10.1 Å². The van der Waals surface area contributed by atoms with E-state index < -0.39 is 0 Å². The number of ether oxygens (including phenoxy) is 1. The molecule has 0 spiro atoms. The summed E-state index contributed by atoms with van der Waals surface area (Å²) in [6.45, 7) is 4.03. The zero-order chi connectivity index (χ0) is 16.7. The Balaban J connectivity index is 1.96. The third-order valence-corrected chi connectivity index (χ3v) is 3.65. The second kappa shape index (κ2) is 8.64. The number of amides is 1. The van der Waals surface area contributed by atoms with Gasteiger partial charge in [-0.3, -0.25) is 10.1 Å². The van der Waals surface area contributed by atoms with Crippen molar-refractivity contribution >= 4 is 51.5 Å². The predicted octanol–water partition coefficient (Wildman–Crippen LogP) is 3.98. The second-order valence-electron chi connectivity index (χ2n) is 4.55. The highest BCUT2D eigenvalue weighted by Gasteiger charge is 2.08.